The van der Waals surface area contributed by atoms with Crippen molar-refractivity contribution in [3.05, 3.63) is 212 Å². The van der Waals surface area contributed by atoms with Crippen LogP contribution in [0.1, 0.15) is 195 Å². The highest BCUT2D eigenvalue weighted by molar-refractivity contribution is 7.99. The zero-order valence-electron chi connectivity index (χ0n) is 59.5. The lowest BCUT2D eigenvalue weighted by Gasteiger charge is -2.31. The summed E-state index contributed by atoms with van der Waals surface area (Å²) in [4.78, 5) is 0. The van der Waals surface area contributed by atoms with Crippen molar-refractivity contribution < 1.29 is 59.8 Å². The van der Waals surface area contributed by atoms with E-state index in [0.717, 1.165) is 120 Å². The van der Waals surface area contributed by atoms with Gasteiger partial charge in [-0.25, -0.2) is 0 Å². The lowest BCUT2D eigenvalue weighted by Crippen LogP contribution is -2.15. The van der Waals surface area contributed by atoms with Crippen molar-refractivity contribution in [1.29, 1.82) is 0 Å². The fourth-order valence-electron chi connectivity index (χ4n) is 14.2. The summed E-state index contributed by atoms with van der Waals surface area (Å²) < 4.78 is 21.6. The molecule has 0 saturated heterocycles. The first kappa shape index (κ1) is 76.9. The maximum Gasteiger partial charge on any atom is 0.123 e. The molecular formula is C84H104O12S4. The normalized spacial score (nSPS) is 16.3. The smallest absolute Gasteiger partial charge is 0.123 e. The molecule has 0 heterocycles. The third-order valence-corrected chi connectivity index (χ3v) is 24.4. The summed E-state index contributed by atoms with van der Waals surface area (Å²) in [7, 11) is 6.67. The van der Waals surface area contributed by atoms with Crippen LogP contribution in [0.4, 0.5) is 0 Å². The Morgan fingerprint density at radius 1 is 0.270 bits per heavy atom. The largest absolute Gasteiger partial charge is 0.508 e. The fraction of sp³-hybridized carbons (Fsp3) is 0.429. The van der Waals surface area contributed by atoms with Gasteiger partial charge in [-0.3, -0.25) is 0 Å². The van der Waals surface area contributed by atoms with Gasteiger partial charge in [0.15, 0.2) is 0 Å². The summed E-state index contributed by atoms with van der Waals surface area (Å²) in [5.41, 5.74) is 8.62. The standard InChI is InChI=1S/C84H104O12S4/c1-53(13-9-33-97-49-57-17-25-61(93-5)26-18-57)37-65-69-41-71(79(87)45-77(69)85)66(38-54(2)14-10-34-98-50-58-19-27-62(94-6)28-20-58)73-43-75(83(91)47-81(73)89)68(40-56(4)16-12-36-100-52-60-23-31-64(96-8)32-24-60)76-44-74(82(90)48-84(76)92)67(72-42-70(65)78(86)46-80(72)88)39-55(3)15-11-35-99-51-59-21-29-63(95-7)30-22-59/h17-32,41-48,53-56,65-68,85-92H,9-16,33-40,49-52H2,1-8H3/t53-,54-,55-,56-,65?,66?,67?,68?/m0/s1. The third-order valence-electron chi connectivity index (χ3n) is 19.9. The molecule has 4 atom stereocenters. The molecule has 0 saturated carbocycles. The zero-order valence-corrected chi connectivity index (χ0v) is 62.7. The Hall–Kier alpha value is -7.24. The van der Waals surface area contributed by atoms with Gasteiger partial charge < -0.3 is 59.8 Å². The first-order valence-electron chi connectivity index (χ1n) is 35.4. The highest BCUT2D eigenvalue weighted by Gasteiger charge is 2.35. The van der Waals surface area contributed by atoms with E-state index in [-0.39, 0.29) is 69.7 Å². The lowest BCUT2D eigenvalue weighted by molar-refractivity contribution is 0.398. The first-order chi connectivity index (χ1) is 48.3. The number of hydrogen-bond donors (Lipinski definition) is 8. The number of methoxy groups -OCH3 is 4. The summed E-state index contributed by atoms with van der Waals surface area (Å²) in [6.07, 6.45) is 8.81. The molecule has 8 N–H and O–H groups in total. The number of aromatic hydroxyl groups is 8. The average Bonchev–Trinajstić information content (AvgIpc) is 0.755. The maximum atomic E-state index is 12.5. The van der Waals surface area contributed by atoms with Crippen molar-refractivity contribution in [2.75, 3.05) is 51.5 Å². The van der Waals surface area contributed by atoms with Crippen molar-refractivity contribution in [3.63, 3.8) is 0 Å². The highest BCUT2D eigenvalue weighted by Crippen LogP contribution is 2.54. The molecule has 0 spiro atoms. The molecule has 0 amide bonds. The van der Waals surface area contributed by atoms with Crippen LogP contribution in [0.5, 0.6) is 69.0 Å². The molecule has 8 aromatic rings. The minimum atomic E-state index is -0.685. The number of fused-ring (bicyclic) bond motifs is 8. The van der Waals surface area contributed by atoms with E-state index in [0.29, 0.717) is 70.2 Å². The number of phenolic OH excluding ortho intramolecular Hbond substituents is 8. The average molecular weight is 1430 g/mol. The summed E-state index contributed by atoms with van der Waals surface area (Å²) in [6, 6.07) is 45.6. The topological polar surface area (TPSA) is 199 Å². The highest BCUT2D eigenvalue weighted by atomic mass is 32.2. The Morgan fingerprint density at radius 2 is 0.440 bits per heavy atom. The van der Waals surface area contributed by atoms with E-state index in [9.17, 15) is 40.9 Å². The molecule has 0 radical (unpaired) electrons. The molecule has 16 heteroatoms. The molecule has 0 fully saturated rings. The van der Waals surface area contributed by atoms with Crippen molar-refractivity contribution in [1.82, 2.24) is 0 Å². The second-order valence-corrected chi connectivity index (χ2v) is 32.0. The fourth-order valence-corrected chi connectivity index (χ4v) is 18.0. The predicted molar refractivity (Wildman–Crippen MR) is 415 cm³/mol. The van der Waals surface area contributed by atoms with E-state index in [1.165, 1.54) is 46.5 Å². The molecule has 8 bridgehead atoms. The molecule has 0 unspecified atom stereocenters. The van der Waals surface area contributed by atoms with Gasteiger partial charge in [0.1, 0.15) is 69.0 Å². The predicted octanol–water partition coefficient (Wildman–Crippen LogP) is 21.2. The third kappa shape index (κ3) is 21.4. The monoisotopic (exact) mass is 1430 g/mol. The number of phenols is 8. The van der Waals surface area contributed by atoms with Crippen molar-refractivity contribution in [3.8, 4) is 69.0 Å². The maximum absolute atomic E-state index is 12.5. The number of hydrogen-bond acceptors (Lipinski definition) is 16. The summed E-state index contributed by atoms with van der Waals surface area (Å²) in [6.45, 7) is 8.76. The Kier molecular flexibility index (Phi) is 29.3. The van der Waals surface area contributed by atoms with Gasteiger partial charge in [0.25, 0.3) is 0 Å². The van der Waals surface area contributed by atoms with Crippen LogP contribution in [0.2, 0.25) is 0 Å². The molecular weight excluding hydrogens is 1330 g/mol. The van der Waals surface area contributed by atoms with Crippen LogP contribution in [0.15, 0.2) is 146 Å². The zero-order chi connectivity index (χ0) is 71.2. The second kappa shape index (κ2) is 38.1. The van der Waals surface area contributed by atoms with E-state index in [1.807, 2.05) is 120 Å². The van der Waals surface area contributed by atoms with Crippen molar-refractivity contribution in [2.24, 2.45) is 23.7 Å². The summed E-state index contributed by atoms with van der Waals surface area (Å²) in [5.74, 6) is 6.47. The second-order valence-electron chi connectivity index (χ2n) is 27.6. The van der Waals surface area contributed by atoms with Crippen LogP contribution >= 0.6 is 47.0 Å². The first-order valence-corrected chi connectivity index (χ1v) is 40.0. The van der Waals surface area contributed by atoms with Crippen LogP contribution in [-0.4, -0.2) is 92.3 Å². The summed E-state index contributed by atoms with van der Waals surface area (Å²) >= 11 is 7.46. The van der Waals surface area contributed by atoms with Gasteiger partial charge in [0.05, 0.1) is 28.4 Å². The van der Waals surface area contributed by atoms with Gasteiger partial charge in [-0.15, -0.1) is 0 Å². The SMILES string of the molecule is COc1ccc(CSCCC[C@H](C)CC2c3cc(c(O)cc3O)C(C[C@@H](C)CCCSCc3ccc(OC)cc3)c3cc(c(O)cc3O)C(C[C@@H](C)CCCSCc3ccc(OC)cc3)c3cc(c(O)cc3O)C(C[C@@H](C)CCCSCc3ccc(OC)cc3)c3cc2c(O)cc3O)cc1. The number of rotatable bonds is 36. The molecule has 0 aliphatic heterocycles. The number of benzene rings is 8. The van der Waals surface area contributed by atoms with Gasteiger partial charge in [0.2, 0.25) is 0 Å². The van der Waals surface area contributed by atoms with E-state index in [4.69, 9.17) is 18.9 Å². The van der Waals surface area contributed by atoms with Crippen LogP contribution in [0, 0.1) is 23.7 Å². The Labute approximate surface area is 610 Å². The molecule has 12 nitrogen and oxygen atoms in total. The summed E-state index contributed by atoms with van der Waals surface area (Å²) in [5, 5.41) is 100. The lowest BCUT2D eigenvalue weighted by atomic mass is 9.74. The van der Waals surface area contributed by atoms with Gasteiger partial charge >= 0.3 is 0 Å². The van der Waals surface area contributed by atoms with E-state index in [1.54, 1.807) is 28.4 Å². The number of ether oxygens (including phenoxy) is 4. The Balaban J connectivity index is 1.12. The molecule has 1 aliphatic rings. The van der Waals surface area contributed by atoms with Crippen LogP contribution in [-0.2, 0) is 23.0 Å². The molecule has 1 aliphatic carbocycles. The minimum absolute atomic E-state index is 0.0483. The van der Waals surface area contributed by atoms with Gasteiger partial charge in [-0.1, -0.05) is 76.2 Å². The quantitative estimate of drug-likeness (QED) is 0.0172. The van der Waals surface area contributed by atoms with Crippen LogP contribution in [0.25, 0.3) is 0 Å². The van der Waals surface area contributed by atoms with Crippen LogP contribution < -0.4 is 18.9 Å². The van der Waals surface area contributed by atoms with Gasteiger partial charge in [0, 0.05) is 115 Å². The molecule has 100 heavy (non-hydrogen) atoms. The van der Waals surface area contributed by atoms with E-state index < -0.39 is 23.7 Å². The number of thioether (sulfide) groups is 4. The van der Waals surface area contributed by atoms with Crippen molar-refractivity contribution in [2.45, 2.75) is 151 Å². The molecule has 536 valence electrons. The van der Waals surface area contributed by atoms with Gasteiger partial charge in [-0.2, -0.15) is 47.0 Å². The van der Waals surface area contributed by atoms with Crippen molar-refractivity contribution >= 4 is 47.0 Å². The molecule has 0 aromatic heterocycles. The van der Waals surface area contributed by atoms with Gasteiger partial charge in [-0.05, 0) is 219 Å². The van der Waals surface area contributed by atoms with E-state index in [2.05, 4.69) is 76.2 Å². The van der Waals surface area contributed by atoms with Crippen LogP contribution in [0.3, 0.4) is 0 Å². The Morgan fingerprint density at radius 3 is 0.600 bits per heavy atom. The van der Waals surface area contributed by atoms with E-state index >= 15 is 0 Å². The molecule has 8 aromatic carbocycles. The Bertz CT molecular complexity index is 3250. The minimum Gasteiger partial charge on any atom is -0.508 e. The molecule has 9 rings (SSSR count).